The number of nitrogens with one attached hydrogen (secondary N) is 1. The van der Waals surface area contributed by atoms with Crippen molar-refractivity contribution in [3.8, 4) is 0 Å². The standard InChI is InChI=1S/C16H16BrNO3/c1-3-4-5-6-14(20)18-15-12-9-11(17)7-8-13(12)21-16(15)10(2)19/h5-9H,3-4H2,1-2H3,(H,18,20)/b6-5+. The van der Waals surface area contributed by atoms with E-state index < -0.39 is 0 Å². The molecule has 0 radical (unpaired) electrons. The highest BCUT2D eigenvalue weighted by molar-refractivity contribution is 9.10. The number of carbonyl (C=O) groups is 2. The van der Waals surface area contributed by atoms with Gasteiger partial charge in [0.1, 0.15) is 5.58 Å². The van der Waals surface area contributed by atoms with Crippen molar-refractivity contribution in [2.45, 2.75) is 26.7 Å². The molecule has 0 aliphatic rings. The average molecular weight is 350 g/mol. The Morgan fingerprint density at radius 3 is 2.81 bits per heavy atom. The van der Waals surface area contributed by atoms with E-state index in [4.69, 9.17) is 4.42 Å². The van der Waals surface area contributed by atoms with Crippen LogP contribution in [-0.2, 0) is 4.79 Å². The van der Waals surface area contributed by atoms with E-state index in [1.165, 1.54) is 13.0 Å². The van der Waals surface area contributed by atoms with Gasteiger partial charge in [-0.15, -0.1) is 0 Å². The zero-order chi connectivity index (χ0) is 15.4. The molecule has 0 spiro atoms. The third kappa shape index (κ3) is 3.61. The minimum atomic E-state index is -0.270. The molecule has 1 aromatic heterocycles. The summed E-state index contributed by atoms with van der Waals surface area (Å²) in [5.74, 6) is -0.330. The predicted octanol–water partition coefficient (Wildman–Crippen LogP) is 4.69. The smallest absolute Gasteiger partial charge is 0.248 e. The highest BCUT2D eigenvalue weighted by atomic mass is 79.9. The van der Waals surface area contributed by atoms with Gasteiger partial charge in [0.2, 0.25) is 5.91 Å². The maximum Gasteiger partial charge on any atom is 0.248 e. The Hall–Kier alpha value is -1.88. The predicted molar refractivity (Wildman–Crippen MR) is 86.6 cm³/mol. The molecule has 0 fully saturated rings. The van der Waals surface area contributed by atoms with E-state index in [0.717, 1.165) is 17.3 Å². The number of allylic oxidation sites excluding steroid dienone is 1. The van der Waals surface area contributed by atoms with Crippen LogP contribution in [0.1, 0.15) is 37.2 Å². The van der Waals surface area contributed by atoms with Crippen LogP contribution in [0.15, 0.2) is 39.2 Å². The van der Waals surface area contributed by atoms with Gasteiger partial charge in [0, 0.05) is 16.8 Å². The number of hydrogen-bond acceptors (Lipinski definition) is 3. The fourth-order valence-electron chi connectivity index (χ4n) is 1.96. The largest absolute Gasteiger partial charge is 0.451 e. The number of furan rings is 1. The topological polar surface area (TPSA) is 59.3 Å². The maximum absolute atomic E-state index is 11.9. The van der Waals surface area contributed by atoms with E-state index >= 15 is 0 Å². The zero-order valence-electron chi connectivity index (χ0n) is 11.9. The number of unbranched alkanes of at least 4 members (excludes halogenated alkanes) is 1. The number of rotatable bonds is 5. The second kappa shape index (κ2) is 6.72. The van der Waals surface area contributed by atoms with Gasteiger partial charge in [0.25, 0.3) is 0 Å². The number of ketones is 1. The summed E-state index contributed by atoms with van der Waals surface area (Å²) in [6.45, 7) is 3.45. The lowest BCUT2D eigenvalue weighted by Gasteiger charge is -2.01. The molecule has 1 aromatic carbocycles. The fourth-order valence-corrected chi connectivity index (χ4v) is 2.32. The Bertz CT molecular complexity index is 716. The van der Waals surface area contributed by atoms with Gasteiger partial charge < -0.3 is 9.73 Å². The summed E-state index contributed by atoms with van der Waals surface area (Å²) in [5.41, 5.74) is 0.987. The van der Waals surface area contributed by atoms with Gasteiger partial charge in [-0.2, -0.15) is 0 Å². The molecule has 2 rings (SSSR count). The molecule has 1 amide bonds. The normalized spacial score (nSPS) is 11.2. The van der Waals surface area contributed by atoms with Crippen molar-refractivity contribution in [3.05, 3.63) is 40.6 Å². The SMILES string of the molecule is CCC/C=C/C(=O)Nc1c(C(C)=O)oc2ccc(Br)cc12. The highest BCUT2D eigenvalue weighted by Crippen LogP contribution is 2.33. The van der Waals surface area contributed by atoms with Crippen molar-refractivity contribution >= 4 is 44.3 Å². The number of carbonyl (C=O) groups excluding carboxylic acids is 2. The lowest BCUT2D eigenvalue weighted by molar-refractivity contribution is -0.111. The molecule has 2 aromatic rings. The molecule has 4 nitrogen and oxygen atoms in total. The molecule has 21 heavy (non-hydrogen) atoms. The first-order valence-corrected chi connectivity index (χ1v) is 7.52. The Morgan fingerprint density at radius 1 is 1.38 bits per heavy atom. The molecule has 0 atom stereocenters. The van der Waals surface area contributed by atoms with E-state index in [1.54, 1.807) is 12.1 Å². The maximum atomic E-state index is 11.9. The molecular formula is C16H16BrNO3. The Morgan fingerprint density at radius 2 is 2.14 bits per heavy atom. The summed E-state index contributed by atoms with van der Waals surface area (Å²) in [4.78, 5) is 23.6. The average Bonchev–Trinajstić information content (AvgIpc) is 2.77. The Kier molecular flexibility index (Phi) is 4.96. The van der Waals surface area contributed by atoms with Gasteiger partial charge in [0.05, 0.1) is 5.69 Å². The molecule has 0 bridgehead atoms. The van der Waals surface area contributed by atoms with Crippen molar-refractivity contribution in [2.75, 3.05) is 5.32 Å². The molecule has 0 unspecified atom stereocenters. The summed E-state index contributed by atoms with van der Waals surface area (Å²) in [7, 11) is 0. The molecule has 1 heterocycles. The van der Waals surface area contributed by atoms with E-state index in [1.807, 2.05) is 19.1 Å². The molecule has 0 aliphatic carbocycles. The van der Waals surface area contributed by atoms with Crippen LogP contribution in [0.4, 0.5) is 5.69 Å². The molecule has 5 heteroatoms. The zero-order valence-corrected chi connectivity index (χ0v) is 13.5. The number of hydrogen-bond donors (Lipinski definition) is 1. The quantitative estimate of drug-likeness (QED) is 0.628. The molecule has 0 saturated carbocycles. The van der Waals surface area contributed by atoms with E-state index in [9.17, 15) is 9.59 Å². The van der Waals surface area contributed by atoms with Gasteiger partial charge >= 0.3 is 0 Å². The molecule has 0 aliphatic heterocycles. The monoisotopic (exact) mass is 349 g/mol. The van der Waals surface area contributed by atoms with E-state index in [0.29, 0.717) is 16.7 Å². The van der Waals surface area contributed by atoms with Crippen molar-refractivity contribution in [1.82, 2.24) is 0 Å². The first kappa shape index (κ1) is 15.5. The molecule has 110 valence electrons. The summed E-state index contributed by atoms with van der Waals surface area (Å²) < 4.78 is 6.38. The van der Waals surface area contributed by atoms with Crippen molar-refractivity contribution in [3.63, 3.8) is 0 Å². The van der Waals surface area contributed by atoms with Gasteiger partial charge in [-0.1, -0.05) is 35.4 Å². The van der Waals surface area contributed by atoms with Gasteiger partial charge in [-0.3, -0.25) is 9.59 Å². The van der Waals surface area contributed by atoms with Crippen LogP contribution in [0, 0.1) is 0 Å². The Balaban J connectivity index is 2.40. The second-order valence-electron chi connectivity index (χ2n) is 4.68. The van der Waals surface area contributed by atoms with E-state index in [-0.39, 0.29) is 17.5 Å². The minimum absolute atomic E-state index is 0.167. The van der Waals surface area contributed by atoms with Crippen LogP contribution < -0.4 is 5.32 Å². The summed E-state index contributed by atoms with van der Waals surface area (Å²) in [5, 5.41) is 3.44. The Labute approximate surface area is 131 Å². The van der Waals surface area contributed by atoms with Crippen LogP contribution >= 0.6 is 15.9 Å². The third-order valence-electron chi connectivity index (χ3n) is 2.94. The molecule has 0 saturated heterocycles. The summed E-state index contributed by atoms with van der Waals surface area (Å²) in [6.07, 6.45) is 5.10. The lowest BCUT2D eigenvalue weighted by Crippen LogP contribution is -2.10. The number of amides is 1. The van der Waals surface area contributed by atoms with Crippen LogP contribution in [0.5, 0.6) is 0 Å². The first-order chi connectivity index (χ1) is 10.0. The van der Waals surface area contributed by atoms with Crippen molar-refractivity contribution < 1.29 is 14.0 Å². The minimum Gasteiger partial charge on any atom is -0.451 e. The van der Waals surface area contributed by atoms with Crippen LogP contribution in [0.3, 0.4) is 0 Å². The molecular weight excluding hydrogens is 334 g/mol. The second-order valence-corrected chi connectivity index (χ2v) is 5.60. The van der Waals surface area contributed by atoms with Gasteiger partial charge in [0.15, 0.2) is 11.5 Å². The highest BCUT2D eigenvalue weighted by Gasteiger charge is 2.19. The van der Waals surface area contributed by atoms with Gasteiger partial charge in [-0.25, -0.2) is 0 Å². The third-order valence-corrected chi connectivity index (χ3v) is 3.44. The number of Topliss-reactive ketones (excluding diaryl/α,β-unsaturated/α-hetero) is 1. The van der Waals surface area contributed by atoms with E-state index in [2.05, 4.69) is 21.2 Å². The lowest BCUT2D eigenvalue weighted by atomic mass is 10.2. The van der Waals surface area contributed by atoms with Crippen LogP contribution in [0.2, 0.25) is 0 Å². The van der Waals surface area contributed by atoms with Crippen molar-refractivity contribution in [2.24, 2.45) is 0 Å². The van der Waals surface area contributed by atoms with Crippen LogP contribution in [0.25, 0.3) is 11.0 Å². The van der Waals surface area contributed by atoms with Crippen molar-refractivity contribution in [1.29, 1.82) is 0 Å². The molecule has 1 N–H and O–H groups in total. The van der Waals surface area contributed by atoms with Crippen LogP contribution in [-0.4, -0.2) is 11.7 Å². The number of anilines is 1. The number of benzene rings is 1. The fraction of sp³-hybridized carbons (Fsp3) is 0.250. The van der Waals surface area contributed by atoms with Gasteiger partial charge in [-0.05, 0) is 30.7 Å². The summed E-state index contributed by atoms with van der Waals surface area (Å²) in [6, 6.07) is 5.40. The number of fused-ring (bicyclic) bond motifs is 1. The summed E-state index contributed by atoms with van der Waals surface area (Å²) >= 11 is 3.38. The first-order valence-electron chi connectivity index (χ1n) is 6.73. The number of halogens is 1.